The first-order chi connectivity index (χ1) is 10.2. The van der Waals surface area contributed by atoms with Crippen LogP contribution in [0.5, 0.6) is 0 Å². The summed E-state index contributed by atoms with van der Waals surface area (Å²) < 4.78 is 1.91. The molecule has 2 aromatic heterocycles. The van der Waals surface area contributed by atoms with Crippen LogP contribution < -0.4 is 0 Å². The highest BCUT2D eigenvalue weighted by Crippen LogP contribution is 2.39. The van der Waals surface area contributed by atoms with Gasteiger partial charge in [-0.05, 0) is 30.9 Å². The van der Waals surface area contributed by atoms with E-state index in [-0.39, 0.29) is 11.9 Å². The number of hydrogen-bond acceptors (Lipinski definition) is 4. The maximum atomic E-state index is 12.6. The van der Waals surface area contributed by atoms with Crippen molar-refractivity contribution in [1.29, 1.82) is 0 Å². The molecule has 1 saturated heterocycles. The number of carbonyl (C=O) groups excluding carboxylic acids is 1. The van der Waals surface area contributed by atoms with E-state index in [9.17, 15) is 4.79 Å². The van der Waals surface area contributed by atoms with Crippen molar-refractivity contribution in [3.63, 3.8) is 0 Å². The summed E-state index contributed by atoms with van der Waals surface area (Å²) in [7, 11) is 1.96. The lowest BCUT2D eigenvalue weighted by molar-refractivity contribution is 0.0687. The average Bonchev–Trinajstić information content (AvgIpc) is 3.19. The summed E-state index contributed by atoms with van der Waals surface area (Å²) in [5.41, 5.74) is 4.77. The zero-order valence-corrected chi connectivity index (χ0v) is 12.6. The largest absolute Gasteiger partial charge is 0.328 e. The molecule has 2 atom stereocenters. The first-order valence-electron chi connectivity index (χ1n) is 7.14. The van der Waals surface area contributed by atoms with E-state index >= 15 is 0 Å². The van der Waals surface area contributed by atoms with Crippen LogP contribution >= 0.6 is 11.3 Å². The number of carbonyl (C=O) groups is 1. The third kappa shape index (κ3) is 2.01. The first kappa shape index (κ1) is 12.8. The van der Waals surface area contributed by atoms with Crippen LogP contribution in [0, 0.1) is 0 Å². The molecule has 5 nitrogen and oxygen atoms in total. The minimum absolute atomic E-state index is 0.0732. The van der Waals surface area contributed by atoms with Gasteiger partial charge in [0.25, 0.3) is 5.91 Å². The van der Waals surface area contributed by atoms with Crippen molar-refractivity contribution in [1.82, 2.24) is 19.7 Å². The molecule has 2 aliphatic rings. The second kappa shape index (κ2) is 4.80. The van der Waals surface area contributed by atoms with Crippen molar-refractivity contribution in [2.24, 2.45) is 7.05 Å². The standard InChI is InChI=1S/C15H16N4OS/c1-18-14(4-5-17-18)10-6-11-2-3-12(7-10)19(11)15(20)13-8-21-9-16-13/h4-6,8-9,11-12H,2-3,7H2,1H3. The van der Waals surface area contributed by atoms with Gasteiger partial charge in [-0.25, -0.2) is 4.98 Å². The van der Waals surface area contributed by atoms with Gasteiger partial charge in [0.05, 0.1) is 17.2 Å². The van der Waals surface area contributed by atoms with Crippen molar-refractivity contribution in [3.05, 3.63) is 40.6 Å². The van der Waals surface area contributed by atoms with E-state index in [2.05, 4.69) is 16.2 Å². The van der Waals surface area contributed by atoms with Gasteiger partial charge < -0.3 is 4.90 Å². The molecule has 2 unspecified atom stereocenters. The fraction of sp³-hybridized carbons (Fsp3) is 0.400. The van der Waals surface area contributed by atoms with Crippen LogP contribution in [0.2, 0.25) is 0 Å². The van der Waals surface area contributed by atoms with Gasteiger partial charge in [0.1, 0.15) is 5.69 Å². The highest BCUT2D eigenvalue weighted by Gasteiger charge is 2.40. The summed E-state index contributed by atoms with van der Waals surface area (Å²) in [5.74, 6) is 0.0732. The number of amides is 1. The highest BCUT2D eigenvalue weighted by molar-refractivity contribution is 7.07. The molecule has 0 saturated carbocycles. The summed E-state index contributed by atoms with van der Waals surface area (Å²) in [6.07, 6.45) is 7.09. The van der Waals surface area contributed by atoms with E-state index in [0.717, 1.165) is 25.0 Å². The summed E-state index contributed by atoms with van der Waals surface area (Å²) >= 11 is 1.47. The Balaban J connectivity index is 1.65. The van der Waals surface area contributed by atoms with Gasteiger partial charge in [0, 0.05) is 24.7 Å². The number of rotatable bonds is 2. The Bertz CT molecular complexity index is 703. The molecule has 2 aromatic rings. The second-order valence-corrected chi connectivity index (χ2v) is 6.34. The van der Waals surface area contributed by atoms with Gasteiger partial charge in [0.2, 0.25) is 0 Å². The molecule has 108 valence electrons. The minimum Gasteiger partial charge on any atom is -0.328 e. The Labute approximate surface area is 126 Å². The second-order valence-electron chi connectivity index (χ2n) is 5.62. The molecule has 0 N–H and O–H groups in total. The van der Waals surface area contributed by atoms with E-state index in [1.54, 1.807) is 5.51 Å². The number of fused-ring (bicyclic) bond motifs is 2. The van der Waals surface area contributed by atoms with E-state index in [4.69, 9.17) is 0 Å². The fourth-order valence-electron chi connectivity index (χ4n) is 3.48. The summed E-state index contributed by atoms with van der Waals surface area (Å²) in [5, 5.41) is 6.08. The first-order valence-corrected chi connectivity index (χ1v) is 8.08. The van der Waals surface area contributed by atoms with Crippen LogP contribution in [0.25, 0.3) is 5.57 Å². The topological polar surface area (TPSA) is 51.0 Å². The predicted octanol–water partition coefficient (Wildman–Crippen LogP) is 2.34. The van der Waals surface area contributed by atoms with Crippen LogP contribution in [0.15, 0.2) is 29.2 Å². The van der Waals surface area contributed by atoms with Crippen molar-refractivity contribution in [2.75, 3.05) is 0 Å². The smallest absolute Gasteiger partial charge is 0.274 e. The van der Waals surface area contributed by atoms with Crippen LogP contribution in [-0.4, -0.2) is 37.7 Å². The Morgan fingerprint density at radius 3 is 3.00 bits per heavy atom. The lowest BCUT2D eigenvalue weighted by Crippen LogP contribution is -2.43. The van der Waals surface area contributed by atoms with Crippen molar-refractivity contribution in [3.8, 4) is 0 Å². The maximum absolute atomic E-state index is 12.6. The Morgan fingerprint density at radius 1 is 1.43 bits per heavy atom. The van der Waals surface area contributed by atoms with Crippen LogP contribution in [0.4, 0.5) is 0 Å². The maximum Gasteiger partial charge on any atom is 0.274 e. The molecular formula is C15H16N4OS. The zero-order valence-electron chi connectivity index (χ0n) is 11.8. The van der Waals surface area contributed by atoms with Gasteiger partial charge in [-0.2, -0.15) is 5.10 Å². The molecule has 4 rings (SSSR count). The number of nitrogens with zero attached hydrogens (tertiary/aromatic N) is 4. The monoisotopic (exact) mass is 300 g/mol. The molecular weight excluding hydrogens is 284 g/mol. The molecule has 2 bridgehead atoms. The normalized spacial score (nSPS) is 24.2. The number of aromatic nitrogens is 3. The molecule has 21 heavy (non-hydrogen) atoms. The van der Waals surface area contributed by atoms with E-state index in [0.29, 0.717) is 11.7 Å². The molecule has 4 heterocycles. The molecule has 1 fully saturated rings. The number of hydrogen-bond donors (Lipinski definition) is 0. The Hall–Kier alpha value is -1.95. The van der Waals surface area contributed by atoms with Gasteiger partial charge >= 0.3 is 0 Å². The third-order valence-electron chi connectivity index (χ3n) is 4.43. The molecule has 2 aliphatic heterocycles. The summed E-state index contributed by atoms with van der Waals surface area (Å²) in [4.78, 5) is 18.8. The highest BCUT2D eigenvalue weighted by atomic mass is 32.1. The number of aryl methyl sites for hydroxylation is 1. The van der Waals surface area contributed by atoms with Crippen LogP contribution in [0.1, 0.15) is 35.4 Å². The molecule has 0 aliphatic carbocycles. The lowest BCUT2D eigenvalue weighted by Gasteiger charge is -2.33. The Morgan fingerprint density at radius 2 is 2.33 bits per heavy atom. The van der Waals surface area contributed by atoms with E-state index < -0.39 is 0 Å². The Kier molecular flexibility index (Phi) is 2.92. The van der Waals surface area contributed by atoms with Crippen molar-refractivity contribution in [2.45, 2.75) is 31.3 Å². The quantitative estimate of drug-likeness (QED) is 0.855. The van der Waals surface area contributed by atoms with Gasteiger partial charge in [0.15, 0.2) is 0 Å². The predicted molar refractivity (Wildman–Crippen MR) is 80.9 cm³/mol. The molecule has 0 spiro atoms. The van der Waals surface area contributed by atoms with Crippen molar-refractivity contribution < 1.29 is 4.79 Å². The lowest BCUT2D eigenvalue weighted by atomic mass is 9.98. The number of thiazole rings is 1. The third-order valence-corrected chi connectivity index (χ3v) is 5.02. The average molecular weight is 300 g/mol. The zero-order chi connectivity index (χ0) is 14.4. The molecule has 6 heteroatoms. The minimum atomic E-state index is 0.0732. The SMILES string of the molecule is Cn1nccc1C1=CC2CCC(C1)N2C(=O)c1cscn1. The van der Waals surface area contributed by atoms with Crippen molar-refractivity contribution >= 4 is 22.8 Å². The molecule has 0 aromatic carbocycles. The van der Waals surface area contributed by atoms with Gasteiger partial charge in [-0.1, -0.05) is 6.08 Å². The summed E-state index contributed by atoms with van der Waals surface area (Å²) in [6.45, 7) is 0. The van der Waals surface area contributed by atoms with E-state index in [1.165, 1.54) is 16.9 Å². The molecule has 0 radical (unpaired) electrons. The van der Waals surface area contributed by atoms with Gasteiger partial charge in [-0.15, -0.1) is 11.3 Å². The fourth-order valence-corrected chi connectivity index (χ4v) is 4.00. The van der Waals surface area contributed by atoms with Crippen LogP contribution in [0.3, 0.4) is 0 Å². The molecule has 1 amide bonds. The van der Waals surface area contributed by atoms with Crippen LogP contribution in [-0.2, 0) is 7.05 Å². The summed E-state index contributed by atoms with van der Waals surface area (Å²) in [6, 6.07) is 2.53. The van der Waals surface area contributed by atoms with E-state index in [1.807, 2.05) is 34.3 Å². The van der Waals surface area contributed by atoms with Gasteiger partial charge in [-0.3, -0.25) is 9.48 Å².